The first kappa shape index (κ1) is 18.4. The summed E-state index contributed by atoms with van der Waals surface area (Å²) >= 11 is 0. The zero-order valence-electron chi connectivity index (χ0n) is 16.7. The van der Waals surface area contributed by atoms with Crippen LogP contribution in [-0.2, 0) is 11.2 Å². The fraction of sp³-hybridized carbons (Fsp3) is 0.440. The molecule has 4 heteroatoms. The lowest BCUT2D eigenvalue weighted by Gasteiger charge is -2.44. The van der Waals surface area contributed by atoms with Crippen LogP contribution >= 0.6 is 0 Å². The van der Waals surface area contributed by atoms with Gasteiger partial charge in [0.25, 0.3) is 5.91 Å². The Kier molecular flexibility index (Phi) is 4.86. The fourth-order valence-corrected chi connectivity index (χ4v) is 5.43. The van der Waals surface area contributed by atoms with Crippen molar-refractivity contribution in [2.24, 2.45) is 5.92 Å². The van der Waals surface area contributed by atoms with Crippen molar-refractivity contribution in [3.05, 3.63) is 70.8 Å². The third kappa shape index (κ3) is 3.45. The molecule has 3 atom stereocenters. The fourth-order valence-electron chi connectivity index (χ4n) is 5.43. The van der Waals surface area contributed by atoms with Crippen LogP contribution in [0, 0.1) is 5.92 Å². The molecule has 5 rings (SSSR count). The van der Waals surface area contributed by atoms with E-state index < -0.39 is 0 Å². The highest BCUT2D eigenvalue weighted by molar-refractivity contribution is 5.98. The quantitative estimate of drug-likeness (QED) is 0.684. The van der Waals surface area contributed by atoms with E-state index in [1.54, 1.807) is 12.1 Å². The molecule has 0 bridgehead atoms. The molecule has 150 valence electrons. The number of cyclic esters (lactones) is 1. The van der Waals surface area contributed by atoms with Crippen LogP contribution in [-0.4, -0.2) is 29.4 Å². The molecular formula is C25H27NO3. The minimum Gasteiger partial charge on any atom is -0.454 e. The van der Waals surface area contributed by atoms with Crippen molar-refractivity contribution in [1.29, 1.82) is 0 Å². The third-order valence-electron chi connectivity index (χ3n) is 6.90. The third-order valence-corrected chi connectivity index (χ3v) is 6.90. The van der Waals surface area contributed by atoms with E-state index in [1.807, 2.05) is 36.4 Å². The molecule has 0 radical (unpaired) electrons. The monoisotopic (exact) mass is 389 g/mol. The Labute approximate surface area is 171 Å². The number of esters is 1. The smallest absolute Gasteiger partial charge is 0.339 e. The number of amides is 1. The number of carbonyl (C=O) groups is 2. The maximum atomic E-state index is 13.4. The predicted molar refractivity (Wildman–Crippen MR) is 111 cm³/mol. The lowest BCUT2D eigenvalue weighted by molar-refractivity contribution is 0.0250. The molecule has 0 unspecified atom stereocenters. The van der Waals surface area contributed by atoms with Crippen molar-refractivity contribution in [2.75, 3.05) is 6.54 Å². The van der Waals surface area contributed by atoms with Crippen molar-refractivity contribution in [1.82, 2.24) is 4.90 Å². The minimum absolute atomic E-state index is 0.125. The van der Waals surface area contributed by atoms with E-state index in [0.717, 1.165) is 30.5 Å². The summed E-state index contributed by atoms with van der Waals surface area (Å²) in [6.07, 6.45) is 7.57. The second kappa shape index (κ2) is 7.66. The molecule has 3 aliphatic rings. The molecule has 29 heavy (non-hydrogen) atoms. The number of nitrogens with zero attached hydrogens (tertiary/aromatic N) is 1. The molecule has 2 aromatic rings. The molecule has 1 saturated heterocycles. The van der Waals surface area contributed by atoms with Crippen LogP contribution in [0.3, 0.4) is 0 Å². The molecule has 0 N–H and O–H groups in total. The molecular weight excluding hydrogens is 362 g/mol. The van der Waals surface area contributed by atoms with E-state index in [-0.39, 0.29) is 18.0 Å². The Morgan fingerprint density at radius 1 is 0.966 bits per heavy atom. The van der Waals surface area contributed by atoms with Crippen LogP contribution in [0.4, 0.5) is 0 Å². The van der Waals surface area contributed by atoms with Crippen molar-refractivity contribution in [2.45, 2.75) is 57.1 Å². The van der Waals surface area contributed by atoms with Crippen molar-refractivity contribution in [3.8, 4) is 0 Å². The second-order valence-electron chi connectivity index (χ2n) is 8.63. The molecule has 0 aromatic heterocycles. The Morgan fingerprint density at radius 3 is 2.62 bits per heavy atom. The summed E-state index contributed by atoms with van der Waals surface area (Å²) in [5.41, 5.74) is 3.20. The van der Waals surface area contributed by atoms with Crippen LogP contribution in [0.5, 0.6) is 0 Å². The van der Waals surface area contributed by atoms with Gasteiger partial charge in [0.05, 0.1) is 5.56 Å². The predicted octanol–water partition coefficient (Wildman–Crippen LogP) is 4.94. The number of fused-ring (bicyclic) bond motifs is 2. The average Bonchev–Trinajstić information content (AvgIpc) is 2.78. The second-order valence-corrected chi connectivity index (χ2v) is 8.63. The van der Waals surface area contributed by atoms with Gasteiger partial charge in [-0.05, 0) is 60.9 Å². The molecule has 2 aromatic carbocycles. The van der Waals surface area contributed by atoms with E-state index in [9.17, 15) is 9.59 Å². The summed E-state index contributed by atoms with van der Waals surface area (Å²) in [5.74, 6) is 0.487. The van der Waals surface area contributed by atoms with Gasteiger partial charge in [0, 0.05) is 24.6 Å². The van der Waals surface area contributed by atoms with Gasteiger partial charge in [0.2, 0.25) is 0 Å². The Morgan fingerprint density at radius 2 is 1.76 bits per heavy atom. The van der Waals surface area contributed by atoms with Crippen LogP contribution in [0.15, 0.2) is 48.5 Å². The number of hydrogen-bond donors (Lipinski definition) is 0. The van der Waals surface area contributed by atoms with Gasteiger partial charge in [0.15, 0.2) is 0 Å². The van der Waals surface area contributed by atoms with Crippen LogP contribution in [0.2, 0.25) is 0 Å². The Hall–Kier alpha value is -2.62. The number of rotatable bonds is 2. The van der Waals surface area contributed by atoms with Gasteiger partial charge in [-0.1, -0.05) is 43.2 Å². The van der Waals surface area contributed by atoms with E-state index in [0.29, 0.717) is 29.5 Å². The lowest BCUT2D eigenvalue weighted by atomic mass is 9.78. The number of ether oxygens (including phenoxy) is 1. The standard InChI is InChI=1S/C25H27NO3/c27-24(26-14-6-10-17-7-4-5-11-22(17)26)19-12-13-21-20(15-19)16-23(29-25(21)28)18-8-2-1-3-9-18/h1-3,8-9,12-13,15,17,22-23H,4-7,10-11,14,16H2/t17-,22-,23+/m1/s1. The van der Waals surface area contributed by atoms with Gasteiger partial charge in [-0.15, -0.1) is 0 Å². The van der Waals surface area contributed by atoms with Gasteiger partial charge in [0.1, 0.15) is 6.10 Å². The summed E-state index contributed by atoms with van der Waals surface area (Å²) in [6.45, 7) is 0.853. The lowest BCUT2D eigenvalue weighted by Crippen LogP contribution is -2.49. The number of likely N-dealkylation sites (tertiary alicyclic amines) is 1. The van der Waals surface area contributed by atoms with E-state index in [2.05, 4.69) is 4.90 Å². The van der Waals surface area contributed by atoms with Crippen LogP contribution in [0.25, 0.3) is 0 Å². The molecule has 2 heterocycles. The summed E-state index contributed by atoms with van der Waals surface area (Å²) < 4.78 is 5.65. The average molecular weight is 389 g/mol. The summed E-state index contributed by atoms with van der Waals surface area (Å²) in [7, 11) is 0. The molecule has 2 aliphatic heterocycles. The highest BCUT2D eigenvalue weighted by atomic mass is 16.5. The number of piperidine rings is 1. The largest absolute Gasteiger partial charge is 0.454 e. The van der Waals surface area contributed by atoms with Crippen LogP contribution < -0.4 is 0 Å². The first-order valence-electron chi connectivity index (χ1n) is 10.9. The molecule has 4 nitrogen and oxygen atoms in total. The highest BCUT2D eigenvalue weighted by Crippen LogP contribution is 2.36. The van der Waals surface area contributed by atoms with Gasteiger partial charge >= 0.3 is 5.97 Å². The normalized spacial score (nSPS) is 26.3. The maximum absolute atomic E-state index is 13.4. The Bertz CT molecular complexity index is 921. The number of carbonyl (C=O) groups excluding carboxylic acids is 2. The summed E-state index contributed by atoms with van der Waals surface area (Å²) in [4.78, 5) is 28.0. The van der Waals surface area contributed by atoms with Gasteiger partial charge < -0.3 is 9.64 Å². The first-order valence-corrected chi connectivity index (χ1v) is 10.9. The minimum atomic E-state index is -0.301. The number of benzene rings is 2. The Balaban J connectivity index is 1.41. The van der Waals surface area contributed by atoms with Gasteiger partial charge in [-0.25, -0.2) is 4.79 Å². The SMILES string of the molecule is O=C1O[C@H](c2ccccc2)Cc2cc(C(=O)N3CCC[C@H]4CCCC[C@H]43)ccc21. The van der Waals surface area contributed by atoms with Gasteiger partial charge in [-0.3, -0.25) is 4.79 Å². The number of hydrogen-bond acceptors (Lipinski definition) is 3. The van der Waals surface area contributed by atoms with E-state index in [4.69, 9.17) is 4.74 Å². The first-order chi connectivity index (χ1) is 14.2. The van der Waals surface area contributed by atoms with Gasteiger partial charge in [-0.2, -0.15) is 0 Å². The summed E-state index contributed by atoms with van der Waals surface area (Å²) in [5, 5.41) is 0. The van der Waals surface area contributed by atoms with Crippen LogP contribution in [0.1, 0.15) is 76.5 Å². The molecule has 1 aliphatic carbocycles. The van der Waals surface area contributed by atoms with Crippen molar-refractivity contribution >= 4 is 11.9 Å². The van der Waals surface area contributed by atoms with E-state index in [1.165, 1.54) is 25.7 Å². The molecule has 1 amide bonds. The van der Waals surface area contributed by atoms with Crippen molar-refractivity contribution < 1.29 is 14.3 Å². The summed E-state index contributed by atoms with van der Waals surface area (Å²) in [6, 6.07) is 15.7. The maximum Gasteiger partial charge on any atom is 0.339 e. The topological polar surface area (TPSA) is 46.6 Å². The highest BCUT2D eigenvalue weighted by Gasteiger charge is 2.36. The molecule has 0 spiro atoms. The van der Waals surface area contributed by atoms with Crippen molar-refractivity contribution in [3.63, 3.8) is 0 Å². The van der Waals surface area contributed by atoms with E-state index >= 15 is 0 Å². The molecule has 1 saturated carbocycles. The zero-order valence-corrected chi connectivity index (χ0v) is 16.7. The zero-order chi connectivity index (χ0) is 19.8. The molecule has 2 fully saturated rings.